The van der Waals surface area contributed by atoms with Gasteiger partial charge in [0, 0.05) is 13.1 Å². The quantitative estimate of drug-likeness (QED) is 0.625. The van der Waals surface area contributed by atoms with Crippen LogP contribution < -0.4 is 10.1 Å². The number of carbonyl (C=O) groups is 1. The molecule has 1 aliphatic rings. The maximum Gasteiger partial charge on any atom is 0.318 e. The number of rotatable bonds is 6. The Morgan fingerprint density at radius 3 is 2.55 bits per heavy atom. The summed E-state index contributed by atoms with van der Waals surface area (Å²) in [6.07, 6.45) is 2.81. The van der Waals surface area contributed by atoms with Gasteiger partial charge < -0.3 is 19.5 Å². The number of urea groups is 1. The smallest absolute Gasteiger partial charge is 0.318 e. The first-order valence-electron chi connectivity index (χ1n) is 10.7. The first-order chi connectivity index (χ1) is 15.1. The van der Waals surface area contributed by atoms with Gasteiger partial charge >= 0.3 is 6.03 Å². The van der Waals surface area contributed by atoms with Gasteiger partial charge in [-0.05, 0) is 50.8 Å². The van der Waals surface area contributed by atoms with Crippen molar-refractivity contribution in [3.63, 3.8) is 0 Å². The maximum absolute atomic E-state index is 12.9. The molecule has 162 valence electrons. The normalized spacial score (nSPS) is 16.2. The van der Waals surface area contributed by atoms with E-state index < -0.39 is 0 Å². The van der Waals surface area contributed by atoms with Gasteiger partial charge in [-0.15, -0.1) is 0 Å². The lowest BCUT2D eigenvalue weighted by Gasteiger charge is -2.33. The SMILES string of the molecule is Cc1ccc(CNC(=O)N2CCCCC2c2noc(COc3ccc(C)cc3)n2)cc1. The zero-order chi connectivity index (χ0) is 21.6. The lowest BCUT2D eigenvalue weighted by molar-refractivity contribution is 0.145. The predicted octanol–water partition coefficient (Wildman–Crippen LogP) is 4.70. The van der Waals surface area contributed by atoms with Gasteiger partial charge in [-0.1, -0.05) is 52.7 Å². The molecule has 0 saturated carbocycles. The molecule has 4 rings (SSSR count). The van der Waals surface area contributed by atoms with E-state index in [1.165, 1.54) is 11.1 Å². The maximum atomic E-state index is 12.9. The van der Waals surface area contributed by atoms with E-state index in [1.807, 2.05) is 67.3 Å². The Morgan fingerprint density at radius 1 is 1.10 bits per heavy atom. The molecule has 3 aromatic rings. The summed E-state index contributed by atoms with van der Waals surface area (Å²) >= 11 is 0. The molecule has 1 saturated heterocycles. The highest BCUT2D eigenvalue weighted by atomic mass is 16.5. The van der Waals surface area contributed by atoms with E-state index in [9.17, 15) is 4.79 Å². The molecule has 7 nitrogen and oxygen atoms in total. The summed E-state index contributed by atoms with van der Waals surface area (Å²) in [4.78, 5) is 19.2. The Hall–Kier alpha value is -3.35. The van der Waals surface area contributed by atoms with Gasteiger partial charge in [0.15, 0.2) is 12.4 Å². The minimum Gasteiger partial charge on any atom is -0.484 e. The largest absolute Gasteiger partial charge is 0.484 e. The van der Waals surface area contributed by atoms with Crippen molar-refractivity contribution in [1.82, 2.24) is 20.4 Å². The van der Waals surface area contributed by atoms with E-state index in [2.05, 4.69) is 15.5 Å². The molecular formula is C24H28N4O3. The summed E-state index contributed by atoms with van der Waals surface area (Å²) in [7, 11) is 0. The third kappa shape index (κ3) is 5.42. The summed E-state index contributed by atoms with van der Waals surface area (Å²) < 4.78 is 11.1. The van der Waals surface area contributed by atoms with Gasteiger partial charge in [0.05, 0.1) is 6.04 Å². The van der Waals surface area contributed by atoms with E-state index in [4.69, 9.17) is 9.26 Å². The molecule has 7 heteroatoms. The number of likely N-dealkylation sites (tertiary alicyclic amines) is 1. The number of nitrogens with one attached hydrogen (secondary N) is 1. The van der Waals surface area contributed by atoms with Gasteiger partial charge in [0.25, 0.3) is 5.89 Å². The zero-order valence-electron chi connectivity index (χ0n) is 18.0. The van der Waals surface area contributed by atoms with Crippen molar-refractivity contribution in [2.75, 3.05) is 6.54 Å². The molecule has 2 amide bonds. The van der Waals surface area contributed by atoms with Gasteiger partial charge in [-0.2, -0.15) is 4.98 Å². The van der Waals surface area contributed by atoms with Crippen molar-refractivity contribution in [3.05, 3.63) is 76.9 Å². The van der Waals surface area contributed by atoms with E-state index in [0.717, 1.165) is 30.6 Å². The minimum atomic E-state index is -0.191. The second kappa shape index (κ2) is 9.64. The van der Waals surface area contributed by atoms with Gasteiger partial charge in [-0.3, -0.25) is 0 Å². The fraction of sp³-hybridized carbons (Fsp3) is 0.375. The molecule has 1 atom stereocenters. The molecule has 1 N–H and O–H groups in total. The lowest BCUT2D eigenvalue weighted by atomic mass is 10.0. The molecule has 1 aromatic heterocycles. The van der Waals surface area contributed by atoms with Gasteiger partial charge in [-0.25, -0.2) is 4.79 Å². The average molecular weight is 421 g/mol. The molecule has 1 aliphatic heterocycles. The monoisotopic (exact) mass is 420 g/mol. The Bertz CT molecular complexity index is 998. The summed E-state index contributed by atoms with van der Waals surface area (Å²) in [6, 6.07) is 15.7. The molecule has 0 radical (unpaired) electrons. The predicted molar refractivity (Wildman–Crippen MR) is 117 cm³/mol. The summed E-state index contributed by atoms with van der Waals surface area (Å²) in [5.41, 5.74) is 3.44. The zero-order valence-corrected chi connectivity index (χ0v) is 18.0. The minimum absolute atomic E-state index is 0.104. The van der Waals surface area contributed by atoms with E-state index in [0.29, 0.717) is 24.8 Å². The van der Waals surface area contributed by atoms with E-state index in [-0.39, 0.29) is 18.7 Å². The van der Waals surface area contributed by atoms with Gasteiger partial charge in [0.1, 0.15) is 5.75 Å². The first-order valence-corrected chi connectivity index (χ1v) is 10.7. The van der Waals surface area contributed by atoms with Crippen molar-refractivity contribution in [3.8, 4) is 5.75 Å². The standard InChI is InChI=1S/C24H28N4O3/c1-17-6-10-19(11-7-17)15-25-24(29)28-14-4-3-5-21(28)23-26-22(31-27-23)16-30-20-12-8-18(2)9-13-20/h6-13,21H,3-5,14-16H2,1-2H3,(H,25,29). The summed E-state index contributed by atoms with van der Waals surface area (Å²) in [5, 5.41) is 7.16. The van der Waals surface area contributed by atoms with Crippen LogP contribution in [-0.4, -0.2) is 27.6 Å². The molecule has 0 aliphatic carbocycles. The van der Waals surface area contributed by atoms with Crippen LogP contribution in [0, 0.1) is 13.8 Å². The number of hydrogen-bond donors (Lipinski definition) is 1. The highest BCUT2D eigenvalue weighted by Crippen LogP contribution is 2.29. The molecular weight excluding hydrogens is 392 g/mol. The highest BCUT2D eigenvalue weighted by molar-refractivity contribution is 5.74. The number of nitrogens with zero attached hydrogens (tertiary/aromatic N) is 3. The number of hydrogen-bond acceptors (Lipinski definition) is 5. The number of carbonyl (C=O) groups excluding carboxylic acids is 1. The van der Waals surface area contributed by atoms with Crippen molar-refractivity contribution in [1.29, 1.82) is 0 Å². The van der Waals surface area contributed by atoms with Crippen LogP contribution in [0.4, 0.5) is 4.79 Å². The van der Waals surface area contributed by atoms with Crippen LogP contribution in [0.25, 0.3) is 0 Å². The van der Waals surface area contributed by atoms with E-state index in [1.54, 1.807) is 0 Å². The van der Waals surface area contributed by atoms with Crippen LogP contribution in [0.3, 0.4) is 0 Å². The molecule has 2 heterocycles. The lowest BCUT2D eigenvalue weighted by Crippen LogP contribution is -2.44. The molecule has 2 aromatic carbocycles. The third-order valence-electron chi connectivity index (χ3n) is 5.49. The van der Waals surface area contributed by atoms with Crippen LogP contribution in [0.1, 0.15) is 53.7 Å². The van der Waals surface area contributed by atoms with Crippen LogP contribution in [-0.2, 0) is 13.2 Å². The number of aryl methyl sites for hydroxylation is 2. The van der Waals surface area contributed by atoms with Crippen LogP contribution >= 0.6 is 0 Å². The second-order valence-corrected chi connectivity index (χ2v) is 8.00. The average Bonchev–Trinajstić information content (AvgIpc) is 3.27. The Morgan fingerprint density at radius 2 is 1.81 bits per heavy atom. The van der Waals surface area contributed by atoms with Crippen molar-refractivity contribution in [2.45, 2.75) is 52.3 Å². The van der Waals surface area contributed by atoms with E-state index >= 15 is 0 Å². The Labute approximate surface area is 182 Å². The summed E-state index contributed by atoms with van der Waals surface area (Å²) in [5.74, 6) is 1.69. The fourth-order valence-corrected chi connectivity index (χ4v) is 3.67. The third-order valence-corrected chi connectivity index (χ3v) is 5.49. The van der Waals surface area contributed by atoms with Crippen molar-refractivity contribution < 1.29 is 14.1 Å². The molecule has 31 heavy (non-hydrogen) atoms. The fourth-order valence-electron chi connectivity index (χ4n) is 3.67. The number of aromatic nitrogens is 2. The second-order valence-electron chi connectivity index (χ2n) is 8.00. The summed E-state index contributed by atoms with van der Waals surface area (Å²) in [6.45, 7) is 5.44. The number of piperidine rings is 1. The Balaban J connectivity index is 1.37. The molecule has 0 spiro atoms. The topological polar surface area (TPSA) is 80.5 Å². The van der Waals surface area contributed by atoms with Crippen LogP contribution in [0.15, 0.2) is 53.1 Å². The van der Waals surface area contributed by atoms with Crippen LogP contribution in [0.2, 0.25) is 0 Å². The highest BCUT2D eigenvalue weighted by Gasteiger charge is 2.31. The van der Waals surface area contributed by atoms with Crippen LogP contribution in [0.5, 0.6) is 5.75 Å². The molecule has 1 fully saturated rings. The molecule has 1 unspecified atom stereocenters. The van der Waals surface area contributed by atoms with Crippen molar-refractivity contribution >= 4 is 6.03 Å². The van der Waals surface area contributed by atoms with Gasteiger partial charge in [0.2, 0.25) is 0 Å². The first kappa shape index (κ1) is 20.9. The Kier molecular flexibility index (Phi) is 6.50. The number of ether oxygens (including phenoxy) is 1. The van der Waals surface area contributed by atoms with Crippen molar-refractivity contribution in [2.24, 2.45) is 0 Å². The molecule has 0 bridgehead atoms. The number of amides is 2. The number of benzene rings is 2.